The topological polar surface area (TPSA) is 53.9 Å². The molecule has 0 aromatic heterocycles. The maximum Gasteiger partial charge on any atom is 0.305 e. The van der Waals surface area contributed by atoms with Gasteiger partial charge in [-0.25, -0.2) is 0 Å². The summed E-state index contributed by atoms with van der Waals surface area (Å²) in [6, 6.07) is 0. The van der Waals surface area contributed by atoms with Crippen LogP contribution in [0.3, 0.4) is 0 Å². The van der Waals surface area contributed by atoms with E-state index >= 15 is 0 Å². The molecular formula is C19H36IN3O2. The number of nitrogens with zero attached hydrogens (tertiary/aromatic N) is 2. The Bertz CT molecular complexity index is 425. The van der Waals surface area contributed by atoms with Gasteiger partial charge < -0.3 is 15.0 Å². The first-order chi connectivity index (χ1) is 11.7. The molecule has 0 amide bonds. The van der Waals surface area contributed by atoms with Crippen molar-refractivity contribution in [1.29, 1.82) is 0 Å². The summed E-state index contributed by atoms with van der Waals surface area (Å²) in [5.41, 5.74) is 0.614. The number of halogens is 1. The average molecular weight is 465 g/mol. The lowest BCUT2D eigenvalue weighted by Crippen LogP contribution is -2.42. The monoisotopic (exact) mass is 465 g/mol. The number of ether oxygens (including phenoxy) is 1. The molecule has 0 atom stereocenters. The maximum atomic E-state index is 11.3. The largest absolute Gasteiger partial charge is 0.466 e. The van der Waals surface area contributed by atoms with Gasteiger partial charge in [0.05, 0.1) is 6.61 Å². The van der Waals surface area contributed by atoms with E-state index < -0.39 is 0 Å². The van der Waals surface area contributed by atoms with Gasteiger partial charge in [0.1, 0.15) is 0 Å². The van der Waals surface area contributed by atoms with E-state index in [9.17, 15) is 4.79 Å². The van der Waals surface area contributed by atoms with E-state index in [-0.39, 0.29) is 29.9 Å². The number of likely N-dealkylation sites (tertiary alicyclic amines) is 1. The lowest BCUT2D eigenvalue weighted by molar-refractivity contribution is -0.143. The highest BCUT2D eigenvalue weighted by atomic mass is 127. The SMILES string of the molecule is CCNC(=NCCCCCCC(=O)OCC)N1CCC2(CCC2)C1.I. The Morgan fingerprint density at radius 2 is 1.92 bits per heavy atom. The molecule has 146 valence electrons. The number of guanidine groups is 1. The van der Waals surface area contributed by atoms with Gasteiger partial charge in [0.25, 0.3) is 0 Å². The fourth-order valence-electron chi connectivity index (χ4n) is 3.78. The Labute approximate surface area is 170 Å². The first kappa shape index (κ1) is 22.5. The molecule has 2 aliphatic rings. The standard InChI is InChI=1S/C19H35N3O2.HI/c1-3-20-18(22-15-13-19(16-22)11-9-12-19)21-14-8-6-5-7-10-17(23)24-4-2;/h3-16H2,1-2H3,(H,20,21);1H. The molecule has 2 rings (SSSR count). The van der Waals surface area contributed by atoms with Crippen LogP contribution in [-0.4, -0.2) is 49.6 Å². The number of carbonyl (C=O) groups is 1. The second-order valence-electron chi connectivity index (χ2n) is 7.23. The molecule has 1 heterocycles. The molecule has 6 heteroatoms. The maximum absolute atomic E-state index is 11.3. The smallest absolute Gasteiger partial charge is 0.305 e. The molecule has 1 spiro atoms. The van der Waals surface area contributed by atoms with Gasteiger partial charge >= 0.3 is 5.97 Å². The third-order valence-electron chi connectivity index (χ3n) is 5.34. The zero-order valence-corrected chi connectivity index (χ0v) is 18.3. The van der Waals surface area contributed by atoms with Crippen LogP contribution in [0.5, 0.6) is 0 Å². The van der Waals surface area contributed by atoms with Gasteiger partial charge in [0.15, 0.2) is 5.96 Å². The van der Waals surface area contributed by atoms with Crippen LogP contribution in [0.25, 0.3) is 0 Å². The van der Waals surface area contributed by atoms with E-state index in [1.54, 1.807) is 0 Å². The number of nitrogens with one attached hydrogen (secondary N) is 1. The van der Waals surface area contributed by atoms with Gasteiger partial charge in [-0.2, -0.15) is 0 Å². The lowest BCUT2D eigenvalue weighted by atomic mass is 9.68. The van der Waals surface area contributed by atoms with E-state index in [0.29, 0.717) is 18.4 Å². The minimum absolute atomic E-state index is 0. The van der Waals surface area contributed by atoms with Gasteiger partial charge in [0, 0.05) is 32.6 Å². The summed E-state index contributed by atoms with van der Waals surface area (Å²) in [6.45, 7) is 8.64. The van der Waals surface area contributed by atoms with Crippen LogP contribution < -0.4 is 5.32 Å². The van der Waals surface area contributed by atoms with Crippen molar-refractivity contribution in [3.8, 4) is 0 Å². The fraction of sp³-hybridized carbons (Fsp3) is 0.895. The predicted octanol–water partition coefficient (Wildman–Crippen LogP) is 3.96. The number of hydrogen-bond acceptors (Lipinski definition) is 3. The molecular weight excluding hydrogens is 429 g/mol. The van der Waals surface area contributed by atoms with Gasteiger partial charge in [-0.1, -0.05) is 19.3 Å². The molecule has 1 saturated heterocycles. The van der Waals surface area contributed by atoms with Gasteiger partial charge in [0.2, 0.25) is 0 Å². The van der Waals surface area contributed by atoms with E-state index in [1.807, 2.05) is 6.92 Å². The number of unbranched alkanes of at least 4 members (excludes halogenated alkanes) is 3. The Morgan fingerprint density at radius 3 is 2.52 bits per heavy atom. The van der Waals surface area contributed by atoms with Gasteiger partial charge in [-0.15, -0.1) is 24.0 Å². The number of hydrogen-bond donors (Lipinski definition) is 1. The van der Waals surface area contributed by atoms with Crippen molar-refractivity contribution in [2.45, 2.75) is 71.6 Å². The molecule has 0 unspecified atom stereocenters. The van der Waals surface area contributed by atoms with Crippen LogP contribution >= 0.6 is 24.0 Å². The van der Waals surface area contributed by atoms with Crippen molar-refractivity contribution in [3.05, 3.63) is 0 Å². The highest BCUT2D eigenvalue weighted by Crippen LogP contribution is 2.47. The predicted molar refractivity (Wildman–Crippen MR) is 114 cm³/mol. The molecule has 25 heavy (non-hydrogen) atoms. The van der Waals surface area contributed by atoms with E-state index in [0.717, 1.165) is 51.3 Å². The zero-order valence-electron chi connectivity index (χ0n) is 16.0. The Balaban J connectivity index is 0.00000312. The number of rotatable bonds is 9. The Hall–Kier alpha value is -0.530. The Morgan fingerprint density at radius 1 is 1.16 bits per heavy atom. The summed E-state index contributed by atoms with van der Waals surface area (Å²) in [7, 11) is 0. The van der Waals surface area contributed by atoms with Crippen molar-refractivity contribution >= 4 is 35.9 Å². The van der Waals surface area contributed by atoms with Crippen LogP contribution in [0, 0.1) is 5.41 Å². The average Bonchev–Trinajstić information content (AvgIpc) is 2.99. The Kier molecular flexibility index (Phi) is 10.8. The second-order valence-corrected chi connectivity index (χ2v) is 7.23. The molecule has 1 saturated carbocycles. The summed E-state index contributed by atoms with van der Waals surface area (Å²) in [5.74, 6) is 1.04. The van der Waals surface area contributed by atoms with E-state index in [4.69, 9.17) is 9.73 Å². The summed E-state index contributed by atoms with van der Waals surface area (Å²) in [6.07, 6.45) is 10.3. The van der Waals surface area contributed by atoms with Crippen molar-refractivity contribution in [3.63, 3.8) is 0 Å². The fourth-order valence-corrected chi connectivity index (χ4v) is 3.78. The molecule has 2 fully saturated rings. The second kappa shape index (κ2) is 12.0. The highest BCUT2D eigenvalue weighted by molar-refractivity contribution is 14.0. The van der Waals surface area contributed by atoms with Crippen LogP contribution in [0.2, 0.25) is 0 Å². The van der Waals surface area contributed by atoms with E-state index in [1.165, 1.54) is 32.2 Å². The van der Waals surface area contributed by atoms with Crippen LogP contribution in [0.15, 0.2) is 4.99 Å². The molecule has 0 radical (unpaired) electrons. The summed E-state index contributed by atoms with van der Waals surface area (Å²) in [5, 5.41) is 3.46. The summed E-state index contributed by atoms with van der Waals surface area (Å²) in [4.78, 5) is 18.5. The lowest BCUT2D eigenvalue weighted by Gasteiger charge is -2.38. The van der Waals surface area contributed by atoms with Crippen molar-refractivity contribution in [1.82, 2.24) is 10.2 Å². The first-order valence-electron chi connectivity index (χ1n) is 9.88. The molecule has 0 bridgehead atoms. The third-order valence-corrected chi connectivity index (χ3v) is 5.34. The molecule has 1 aliphatic carbocycles. The molecule has 1 aliphatic heterocycles. The van der Waals surface area contributed by atoms with Crippen LogP contribution in [-0.2, 0) is 9.53 Å². The number of esters is 1. The minimum Gasteiger partial charge on any atom is -0.466 e. The van der Waals surface area contributed by atoms with Crippen LogP contribution in [0.4, 0.5) is 0 Å². The molecule has 0 aromatic carbocycles. The van der Waals surface area contributed by atoms with Gasteiger partial charge in [-0.05, 0) is 51.4 Å². The van der Waals surface area contributed by atoms with Crippen LogP contribution in [0.1, 0.15) is 71.6 Å². The van der Waals surface area contributed by atoms with Crippen molar-refractivity contribution < 1.29 is 9.53 Å². The minimum atomic E-state index is -0.0658. The summed E-state index contributed by atoms with van der Waals surface area (Å²) >= 11 is 0. The van der Waals surface area contributed by atoms with Gasteiger partial charge in [-0.3, -0.25) is 9.79 Å². The quantitative estimate of drug-likeness (QED) is 0.184. The third kappa shape index (κ3) is 7.31. The molecule has 1 N–H and O–H groups in total. The van der Waals surface area contributed by atoms with E-state index in [2.05, 4.69) is 17.1 Å². The summed E-state index contributed by atoms with van der Waals surface area (Å²) < 4.78 is 4.94. The molecule has 5 nitrogen and oxygen atoms in total. The molecule has 0 aromatic rings. The van der Waals surface area contributed by atoms with Crippen molar-refractivity contribution in [2.75, 3.05) is 32.8 Å². The normalized spacial score (nSPS) is 18.6. The number of aliphatic imine (C=N–C) groups is 1. The zero-order chi connectivity index (χ0) is 17.3. The van der Waals surface area contributed by atoms with Crippen molar-refractivity contribution in [2.24, 2.45) is 10.4 Å². The highest BCUT2D eigenvalue weighted by Gasteiger charge is 2.43. The number of carbonyl (C=O) groups excluding carboxylic acids is 1. The first-order valence-corrected chi connectivity index (χ1v) is 9.88.